The highest BCUT2D eigenvalue weighted by Crippen LogP contribution is 2.29. The van der Waals surface area contributed by atoms with Crippen LogP contribution in [0, 0.1) is 6.92 Å². The molecular weight excluding hydrogens is 198 g/mol. The fraction of sp³-hybridized carbons (Fsp3) is 0.462. The molecule has 0 N–H and O–H groups in total. The Morgan fingerprint density at radius 3 is 3.06 bits per heavy atom. The molecule has 1 fully saturated rings. The third-order valence-electron chi connectivity index (χ3n) is 3.45. The predicted octanol–water partition coefficient (Wildman–Crippen LogP) is 1.54. The topological polar surface area (TPSA) is 19.4 Å². The van der Waals surface area contributed by atoms with Gasteiger partial charge < -0.3 is 9.80 Å². The molecule has 1 aromatic heterocycles. The Kier molecular flexibility index (Phi) is 2.21. The van der Waals surface area contributed by atoms with E-state index in [-0.39, 0.29) is 0 Å². The van der Waals surface area contributed by atoms with Crippen molar-refractivity contribution in [2.45, 2.75) is 13.0 Å². The van der Waals surface area contributed by atoms with E-state index < -0.39 is 0 Å². The molecule has 0 aliphatic carbocycles. The normalized spacial score (nSPS) is 24.1. The number of pyridine rings is 1. The van der Waals surface area contributed by atoms with E-state index in [0.717, 1.165) is 31.0 Å². The van der Waals surface area contributed by atoms with E-state index in [0.29, 0.717) is 6.04 Å². The Morgan fingerprint density at radius 1 is 1.31 bits per heavy atom. The van der Waals surface area contributed by atoms with Gasteiger partial charge in [0.1, 0.15) is 0 Å². The highest BCUT2D eigenvalue weighted by Gasteiger charge is 2.27. The first-order valence-electron chi connectivity index (χ1n) is 5.85. The number of anilines is 1. The van der Waals surface area contributed by atoms with Crippen molar-refractivity contribution in [1.82, 2.24) is 9.88 Å². The van der Waals surface area contributed by atoms with Crippen molar-refractivity contribution < 1.29 is 0 Å². The maximum atomic E-state index is 4.58. The lowest BCUT2D eigenvalue weighted by atomic mass is 10.0. The van der Waals surface area contributed by atoms with Gasteiger partial charge >= 0.3 is 0 Å². The second kappa shape index (κ2) is 3.59. The molecular formula is C13H17N3. The molecule has 3 rings (SSSR count). The van der Waals surface area contributed by atoms with E-state index in [1.54, 1.807) is 0 Å². The highest BCUT2D eigenvalue weighted by molar-refractivity contribution is 5.70. The third kappa shape index (κ3) is 1.52. The minimum absolute atomic E-state index is 0.524. The molecule has 0 spiro atoms. The van der Waals surface area contributed by atoms with Crippen LogP contribution in [0.3, 0.4) is 0 Å². The van der Waals surface area contributed by atoms with Crippen LogP contribution in [0.5, 0.6) is 0 Å². The van der Waals surface area contributed by atoms with E-state index in [9.17, 15) is 0 Å². The van der Waals surface area contributed by atoms with Crippen molar-refractivity contribution in [2.24, 2.45) is 0 Å². The van der Waals surface area contributed by atoms with Crippen LogP contribution >= 0.6 is 0 Å². The van der Waals surface area contributed by atoms with E-state index >= 15 is 0 Å². The first-order chi connectivity index (χ1) is 7.74. The van der Waals surface area contributed by atoms with Gasteiger partial charge in [0.25, 0.3) is 0 Å². The number of aromatic nitrogens is 1. The molecule has 0 aromatic carbocycles. The number of piperazine rings is 1. The van der Waals surface area contributed by atoms with Crippen LogP contribution in [0.15, 0.2) is 18.2 Å². The average Bonchev–Trinajstić information content (AvgIpc) is 2.28. The molecule has 1 saturated heterocycles. The van der Waals surface area contributed by atoms with Gasteiger partial charge in [-0.25, -0.2) is 0 Å². The van der Waals surface area contributed by atoms with Gasteiger partial charge in [0.15, 0.2) is 0 Å². The molecule has 1 atom stereocenters. The van der Waals surface area contributed by atoms with Gasteiger partial charge in [-0.15, -0.1) is 0 Å². The summed E-state index contributed by atoms with van der Waals surface area (Å²) in [6.45, 7) is 5.40. The van der Waals surface area contributed by atoms with Crippen LogP contribution in [0.2, 0.25) is 0 Å². The Balaban J connectivity index is 1.99. The molecule has 0 amide bonds. The largest absolute Gasteiger partial charge is 0.361 e. The van der Waals surface area contributed by atoms with Crippen LogP contribution in [0.4, 0.5) is 5.69 Å². The number of hydrogen-bond acceptors (Lipinski definition) is 3. The number of rotatable bonds is 0. The molecule has 3 heterocycles. The minimum atomic E-state index is 0.524. The summed E-state index contributed by atoms with van der Waals surface area (Å²) in [5, 5.41) is 0. The van der Waals surface area contributed by atoms with Crippen molar-refractivity contribution in [1.29, 1.82) is 0 Å². The quantitative estimate of drug-likeness (QED) is 0.654. The summed E-state index contributed by atoms with van der Waals surface area (Å²) in [6, 6.07) is 4.84. The molecule has 0 bridgehead atoms. The molecule has 1 unspecified atom stereocenters. The molecule has 1 aromatic rings. The number of fused-ring (bicyclic) bond motifs is 3. The number of nitrogens with zero attached hydrogens (tertiary/aromatic N) is 3. The van der Waals surface area contributed by atoms with E-state index in [4.69, 9.17) is 0 Å². The van der Waals surface area contributed by atoms with Crippen molar-refractivity contribution in [2.75, 3.05) is 31.6 Å². The highest BCUT2D eigenvalue weighted by atomic mass is 15.3. The minimum Gasteiger partial charge on any atom is -0.361 e. The van der Waals surface area contributed by atoms with Crippen LogP contribution in [0.1, 0.15) is 11.4 Å². The maximum absolute atomic E-state index is 4.58. The summed E-state index contributed by atoms with van der Waals surface area (Å²) < 4.78 is 0. The van der Waals surface area contributed by atoms with E-state index in [2.05, 4.69) is 46.1 Å². The number of aryl methyl sites for hydroxylation is 1. The zero-order valence-corrected chi connectivity index (χ0v) is 9.85. The summed E-state index contributed by atoms with van der Waals surface area (Å²) >= 11 is 0. The summed E-state index contributed by atoms with van der Waals surface area (Å²) in [4.78, 5) is 9.44. The lowest BCUT2D eigenvalue weighted by Gasteiger charge is -2.42. The molecule has 0 radical (unpaired) electrons. The first-order valence-corrected chi connectivity index (χ1v) is 5.85. The second-order valence-corrected chi connectivity index (χ2v) is 4.74. The van der Waals surface area contributed by atoms with E-state index in [1.807, 2.05) is 6.92 Å². The van der Waals surface area contributed by atoms with Gasteiger partial charge in [-0.1, -0.05) is 6.08 Å². The first kappa shape index (κ1) is 9.85. The lowest BCUT2D eigenvalue weighted by Crippen LogP contribution is -2.52. The number of hydrogen-bond donors (Lipinski definition) is 0. The van der Waals surface area contributed by atoms with Crippen LogP contribution in [-0.4, -0.2) is 42.6 Å². The zero-order chi connectivity index (χ0) is 11.1. The Labute approximate surface area is 96.4 Å². The Bertz CT molecular complexity index is 439. The molecule has 3 nitrogen and oxygen atoms in total. The summed E-state index contributed by atoms with van der Waals surface area (Å²) in [7, 11) is 2.19. The van der Waals surface area contributed by atoms with Crippen molar-refractivity contribution in [3.05, 3.63) is 29.6 Å². The Hall–Kier alpha value is -1.35. The lowest BCUT2D eigenvalue weighted by molar-refractivity contribution is 0.286. The molecule has 0 saturated carbocycles. The fourth-order valence-electron chi connectivity index (χ4n) is 2.55. The smallest absolute Gasteiger partial charge is 0.0864 e. The van der Waals surface area contributed by atoms with Gasteiger partial charge in [0, 0.05) is 25.3 Å². The second-order valence-electron chi connectivity index (χ2n) is 4.74. The van der Waals surface area contributed by atoms with Crippen LogP contribution < -0.4 is 4.90 Å². The summed E-state index contributed by atoms with van der Waals surface area (Å²) in [5.74, 6) is 0. The van der Waals surface area contributed by atoms with Crippen LogP contribution in [-0.2, 0) is 0 Å². The van der Waals surface area contributed by atoms with Crippen molar-refractivity contribution in [3.63, 3.8) is 0 Å². The van der Waals surface area contributed by atoms with Crippen molar-refractivity contribution in [3.8, 4) is 0 Å². The SMILES string of the molecule is Cc1ccc2c(n1)C=CC1CN(C)CCN21. The fourth-order valence-corrected chi connectivity index (χ4v) is 2.55. The third-order valence-corrected chi connectivity index (χ3v) is 3.45. The molecule has 2 aliphatic rings. The standard InChI is InChI=1S/C13H17N3/c1-10-3-6-13-12(14-10)5-4-11-9-15(2)7-8-16(11)13/h3-6,11H,7-9H2,1-2H3. The predicted molar refractivity (Wildman–Crippen MR) is 66.6 cm³/mol. The van der Waals surface area contributed by atoms with Crippen LogP contribution in [0.25, 0.3) is 6.08 Å². The molecule has 3 heteroatoms. The van der Waals surface area contributed by atoms with Gasteiger partial charge in [0.05, 0.1) is 17.4 Å². The number of likely N-dealkylation sites (N-methyl/N-ethyl adjacent to an activating group) is 1. The molecule has 2 aliphatic heterocycles. The molecule has 84 valence electrons. The van der Waals surface area contributed by atoms with Gasteiger partial charge in [-0.2, -0.15) is 0 Å². The monoisotopic (exact) mass is 215 g/mol. The summed E-state index contributed by atoms with van der Waals surface area (Å²) in [6.07, 6.45) is 4.45. The van der Waals surface area contributed by atoms with E-state index in [1.165, 1.54) is 5.69 Å². The summed E-state index contributed by atoms with van der Waals surface area (Å²) in [5.41, 5.74) is 3.52. The molecule has 16 heavy (non-hydrogen) atoms. The maximum Gasteiger partial charge on any atom is 0.0864 e. The average molecular weight is 215 g/mol. The van der Waals surface area contributed by atoms with Gasteiger partial charge in [-0.3, -0.25) is 4.98 Å². The van der Waals surface area contributed by atoms with Gasteiger partial charge in [0.2, 0.25) is 0 Å². The van der Waals surface area contributed by atoms with Gasteiger partial charge in [-0.05, 0) is 32.2 Å². The Morgan fingerprint density at radius 2 is 2.19 bits per heavy atom. The van der Waals surface area contributed by atoms with Crippen molar-refractivity contribution >= 4 is 11.8 Å². The zero-order valence-electron chi connectivity index (χ0n) is 9.85.